The summed E-state index contributed by atoms with van der Waals surface area (Å²) in [7, 11) is 0. The number of halogens is 3. The number of alkyl halides is 3. The van der Waals surface area contributed by atoms with E-state index >= 15 is 0 Å². The smallest absolute Gasteiger partial charge is 0.330 e. The Morgan fingerprint density at radius 3 is 2.47 bits per heavy atom. The molecule has 0 heterocycles. The molecule has 1 unspecified atom stereocenters. The number of hydrogen-bond donors (Lipinski definition) is 2. The summed E-state index contributed by atoms with van der Waals surface area (Å²) >= 11 is 0. The van der Waals surface area contributed by atoms with Crippen LogP contribution in [0.1, 0.15) is 25.0 Å². The van der Waals surface area contributed by atoms with Crippen LogP contribution in [0, 0.1) is 11.8 Å². The van der Waals surface area contributed by atoms with Crippen LogP contribution in [0.4, 0.5) is 13.2 Å². The van der Waals surface area contributed by atoms with Gasteiger partial charge in [-0.15, -0.1) is 0 Å². The van der Waals surface area contributed by atoms with E-state index in [0.29, 0.717) is 37.0 Å². The van der Waals surface area contributed by atoms with E-state index in [1.54, 1.807) is 6.07 Å². The number of benzene rings is 1. The molecule has 1 aromatic carbocycles. The van der Waals surface area contributed by atoms with Crippen LogP contribution in [-0.2, 0) is 12.7 Å². The van der Waals surface area contributed by atoms with Crippen molar-refractivity contribution in [1.82, 2.24) is 5.32 Å². The van der Waals surface area contributed by atoms with Crippen molar-refractivity contribution >= 4 is 0 Å². The molecule has 0 aliphatic heterocycles. The Balaban J connectivity index is 2.54. The van der Waals surface area contributed by atoms with Gasteiger partial charge in [-0.2, -0.15) is 13.2 Å². The van der Waals surface area contributed by atoms with Gasteiger partial charge in [-0.3, -0.25) is 0 Å². The number of rotatable bonds is 6. The second-order valence-corrected chi connectivity index (χ2v) is 5.07. The minimum atomic E-state index is -4.28. The molecular formula is C14H21F3N2. The third kappa shape index (κ3) is 5.20. The van der Waals surface area contributed by atoms with E-state index in [9.17, 15) is 13.2 Å². The first-order chi connectivity index (χ1) is 8.84. The van der Waals surface area contributed by atoms with Crippen LogP contribution in [0.3, 0.4) is 0 Å². The molecule has 1 atom stereocenters. The fourth-order valence-electron chi connectivity index (χ4n) is 1.85. The van der Waals surface area contributed by atoms with Gasteiger partial charge in [-0.25, -0.2) is 0 Å². The molecule has 0 saturated carbocycles. The van der Waals surface area contributed by atoms with E-state index in [-0.39, 0.29) is 0 Å². The van der Waals surface area contributed by atoms with Crippen LogP contribution < -0.4 is 11.1 Å². The molecular weight excluding hydrogens is 253 g/mol. The first-order valence-corrected chi connectivity index (χ1v) is 6.41. The quantitative estimate of drug-likeness (QED) is 0.837. The van der Waals surface area contributed by atoms with Gasteiger partial charge in [-0.1, -0.05) is 32.0 Å². The summed E-state index contributed by atoms with van der Waals surface area (Å²) < 4.78 is 37.6. The van der Waals surface area contributed by atoms with Crippen LogP contribution in [0.15, 0.2) is 24.3 Å². The third-order valence-electron chi connectivity index (χ3n) is 3.24. The Bertz CT molecular complexity index is 389. The molecule has 2 nitrogen and oxygen atoms in total. The summed E-state index contributed by atoms with van der Waals surface area (Å²) in [6, 6.07) is 5.39. The number of nitrogens with two attached hydrogens (primary N) is 1. The zero-order chi connectivity index (χ0) is 14.5. The zero-order valence-electron chi connectivity index (χ0n) is 11.3. The first kappa shape index (κ1) is 16.0. The standard InChI is InChI=1S/C14H21F3N2/c1-10(2)12(7-18)9-19-8-11-4-3-5-13(6-11)14(15,16)17/h3-6,10,12,19H,7-9,18H2,1-2H3. The van der Waals surface area contributed by atoms with Crippen LogP contribution in [0.25, 0.3) is 0 Å². The molecule has 0 spiro atoms. The third-order valence-corrected chi connectivity index (χ3v) is 3.24. The highest BCUT2D eigenvalue weighted by atomic mass is 19.4. The van der Waals surface area contributed by atoms with Gasteiger partial charge in [0.15, 0.2) is 0 Å². The predicted octanol–water partition coefficient (Wildman–Crippen LogP) is 3.03. The average Bonchev–Trinajstić information content (AvgIpc) is 2.33. The molecule has 0 amide bonds. The van der Waals surface area contributed by atoms with E-state index in [2.05, 4.69) is 19.2 Å². The molecule has 108 valence electrons. The number of nitrogens with one attached hydrogen (secondary N) is 1. The van der Waals surface area contributed by atoms with Crippen molar-refractivity contribution in [1.29, 1.82) is 0 Å². The molecule has 0 aromatic heterocycles. The Kier molecular flexibility index (Phi) is 5.82. The highest BCUT2D eigenvalue weighted by Crippen LogP contribution is 2.29. The lowest BCUT2D eigenvalue weighted by Gasteiger charge is -2.19. The summed E-state index contributed by atoms with van der Waals surface area (Å²) in [6.45, 7) is 5.89. The summed E-state index contributed by atoms with van der Waals surface area (Å²) in [4.78, 5) is 0. The maximum atomic E-state index is 12.5. The second kappa shape index (κ2) is 6.91. The molecule has 0 radical (unpaired) electrons. The average molecular weight is 274 g/mol. The molecule has 1 aromatic rings. The molecule has 0 aliphatic carbocycles. The SMILES string of the molecule is CC(C)C(CN)CNCc1cccc(C(F)(F)F)c1. The normalized spacial score (nSPS) is 13.8. The van der Waals surface area contributed by atoms with E-state index in [1.165, 1.54) is 12.1 Å². The Labute approximate surface area is 112 Å². The minimum absolute atomic E-state index is 0.339. The molecule has 5 heteroatoms. The van der Waals surface area contributed by atoms with Crippen LogP contribution >= 0.6 is 0 Å². The Morgan fingerprint density at radius 1 is 1.26 bits per heavy atom. The van der Waals surface area contributed by atoms with E-state index in [1.807, 2.05) is 0 Å². The predicted molar refractivity (Wildman–Crippen MR) is 70.5 cm³/mol. The number of hydrogen-bond acceptors (Lipinski definition) is 2. The molecule has 0 bridgehead atoms. The highest BCUT2D eigenvalue weighted by Gasteiger charge is 2.30. The van der Waals surface area contributed by atoms with Gasteiger partial charge in [0.05, 0.1) is 5.56 Å². The minimum Gasteiger partial charge on any atom is -0.330 e. The largest absolute Gasteiger partial charge is 0.416 e. The molecule has 0 saturated heterocycles. The van der Waals surface area contributed by atoms with Crippen molar-refractivity contribution < 1.29 is 13.2 Å². The highest BCUT2D eigenvalue weighted by molar-refractivity contribution is 5.25. The fourth-order valence-corrected chi connectivity index (χ4v) is 1.85. The zero-order valence-corrected chi connectivity index (χ0v) is 11.3. The molecule has 0 aliphatic rings. The Morgan fingerprint density at radius 2 is 1.95 bits per heavy atom. The monoisotopic (exact) mass is 274 g/mol. The van der Waals surface area contributed by atoms with E-state index in [4.69, 9.17) is 5.73 Å². The maximum absolute atomic E-state index is 12.5. The summed E-state index contributed by atoms with van der Waals surface area (Å²) in [5.74, 6) is 0.796. The van der Waals surface area contributed by atoms with Crippen LogP contribution in [0.2, 0.25) is 0 Å². The van der Waals surface area contributed by atoms with Crippen LogP contribution in [-0.4, -0.2) is 13.1 Å². The van der Waals surface area contributed by atoms with Gasteiger partial charge in [0, 0.05) is 6.54 Å². The van der Waals surface area contributed by atoms with Gasteiger partial charge in [0.1, 0.15) is 0 Å². The topological polar surface area (TPSA) is 38.0 Å². The van der Waals surface area contributed by atoms with E-state index in [0.717, 1.165) is 6.07 Å². The van der Waals surface area contributed by atoms with Gasteiger partial charge >= 0.3 is 6.18 Å². The van der Waals surface area contributed by atoms with Gasteiger partial charge < -0.3 is 11.1 Å². The second-order valence-electron chi connectivity index (χ2n) is 5.07. The summed E-state index contributed by atoms with van der Waals surface area (Å²) in [5.41, 5.74) is 5.67. The molecule has 19 heavy (non-hydrogen) atoms. The van der Waals surface area contributed by atoms with Crippen molar-refractivity contribution in [2.24, 2.45) is 17.6 Å². The van der Waals surface area contributed by atoms with Crippen molar-refractivity contribution in [3.8, 4) is 0 Å². The lowest BCUT2D eigenvalue weighted by molar-refractivity contribution is -0.137. The lowest BCUT2D eigenvalue weighted by atomic mass is 9.96. The van der Waals surface area contributed by atoms with Crippen LogP contribution in [0.5, 0.6) is 0 Å². The molecule has 1 rings (SSSR count). The summed E-state index contributed by atoms with van der Waals surface area (Å²) in [5, 5.41) is 3.17. The van der Waals surface area contributed by atoms with Crippen molar-refractivity contribution in [3.05, 3.63) is 35.4 Å². The summed E-state index contributed by atoms with van der Waals surface area (Å²) in [6.07, 6.45) is -4.28. The Hall–Kier alpha value is -1.07. The fraction of sp³-hybridized carbons (Fsp3) is 0.571. The molecule has 0 fully saturated rings. The van der Waals surface area contributed by atoms with Crippen molar-refractivity contribution in [3.63, 3.8) is 0 Å². The van der Waals surface area contributed by atoms with Crippen molar-refractivity contribution in [2.75, 3.05) is 13.1 Å². The lowest BCUT2D eigenvalue weighted by Crippen LogP contribution is -2.31. The first-order valence-electron chi connectivity index (χ1n) is 6.41. The molecule has 3 N–H and O–H groups in total. The van der Waals surface area contributed by atoms with Gasteiger partial charge in [0.2, 0.25) is 0 Å². The van der Waals surface area contributed by atoms with Gasteiger partial charge in [0.25, 0.3) is 0 Å². The van der Waals surface area contributed by atoms with Crippen molar-refractivity contribution in [2.45, 2.75) is 26.6 Å². The maximum Gasteiger partial charge on any atom is 0.416 e. The van der Waals surface area contributed by atoms with E-state index < -0.39 is 11.7 Å². The van der Waals surface area contributed by atoms with Gasteiger partial charge in [-0.05, 0) is 36.6 Å².